The van der Waals surface area contributed by atoms with Crippen molar-refractivity contribution in [1.82, 2.24) is 4.90 Å². The van der Waals surface area contributed by atoms with Crippen LogP contribution >= 0.6 is 22.9 Å². The smallest absolute Gasteiger partial charge is 0.267 e. The molecular weight excluding hydrogens is 344 g/mol. The van der Waals surface area contributed by atoms with Crippen LogP contribution in [0.4, 0.5) is 0 Å². The third-order valence-electron chi connectivity index (χ3n) is 4.27. The van der Waals surface area contributed by atoms with E-state index in [4.69, 9.17) is 16.4 Å². The topological polar surface area (TPSA) is 41.9 Å². The highest BCUT2D eigenvalue weighted by molar-refractivity contribution is 7.18. The van der Waals surface area contributed by atoms with Crippen molar-refractivity contribution in [2.24, 2.45) is 5.16 Å². The Balaban J connectivity index is 1.44. The molecule has 1 aliphatic carbocycles. The van der Waals surface area contributed by atoms with E-state index in [2.05, 4.69) is 5.16 Å². The number of benzene rings is 1. The molecule has 0 radical (unpaired) electrons. The van der Waals surface area contributed by atoms with Gasteiger partial charge in [0.15, 0.2) is 0 Å². The fourth-order valence-electron chi connectivity index (χ4n) is 2.86. The monoisotopic (exact) mass is 360 g/mol. The Hall–Kier alpha value is -1.85. The molecule has 4 rings (SSSR count). The van der Waals surface area contributed by atoms with E-state index in [1.54, 1.807) is 0 Å². The molecule has 1 unspecified atom stereocenters. The maximum Gasteiger partial charge on any atom is 0.267 e. The summed E-state index contributed by atoms with van der Waals surface area (Å²) in [6.45, 7) is 0.629. The molecule has 1 amide bonds. The number of oxime groups is 1. The second-order valence-electron chi connectivity index (χ2n) is 6.12. The number of nitrogens with zero attached hydrogens (tertiary/aromatic N) is 2. The van der Waals surface area contributed by atoms with E-state index in [1.807, 2.05) is 47.4 Å². The highest BCUT2D eigenvalue weighted by Crippen LogP contribution is 2.32. The Labute approximate surface area is 149 Å². The molecule has 2 aliphatic rings. The van der Waals surface area contributed by atoms with Gasteiger partial charge in [-0.2, -0.15) is 0 Å². The summed E-state index contributed by atoms with van der Waals surface area (Å²) >= 11 is 7.43. The van der Waals surface area contributed by atoms with E-state index in [-0.39, 0.29) is 5.91 Å². The van der Waals surface area contributed by atoms with E-state index in [0.29, 0.717) is 23.3 Å². The molecule has 2 aromatic rings. The predicted molar refractivity (Wildman–Crippen MR) is 95.4 cm³/mol. The highest BCUT2D eigenvalue weighted by atomic mass is 35.5. The molecule has 2 heterocycles. The van der Waals surface area contributed by atoms with Crippen LogP contribution in [0.25, 0.3) is 0 Å². The molecule has 124 valence electrons. The van der Waals surface area contributed by atoms with Crippen molar-refractivity contribution in [3.8, 4) is 0 Å². The van der Waals surface area contributed by atoms with E-state index in [1.165, 1.54) is 11.3 Å². The first-order valence-corrected chi connectivity index (χ1v) is 9.23. The van der Waals surface area contributed by atoms with Gasteiger partial charge < -0.3 is 9.74 Å². The second-order valence-corrected chi connectivity index (χ2v) is 7.84. The Morgan fingerprint density at radius 2 is 2.04 bits per heavy atom. The van der Waals surface area contributed by atoms with Crippen LogP contribution in [0.3, 0.4) is 0 Å². The lowest BCUT2D eigenvalue weighted by Gasteiger charge is -2.24. The largest absolute Gasteiger partial charge is 0.382 e. The molecule has 1 aromatic heterocycles. The van der Waals surface area contributed by atoms with Crippen LogP contribution in [0.1, 0.15) is 29.7 Å². The normalized spacial score (nSPS) is 19.7. The average molecular weight is 361 g/mol. The molecule has 0 saturated heterocycles. The third-order valence-corrected chi connectivity index (χ3v) is 5.55. The quantitative estimate of drug-likeness (QED) is 0.806. The number of halogens is 1. The van der Waals surface area contributed by atoms with Gasteiger partial charge in [-0.15, -0.1) is 11.3 Å². The average Bonchev–Trinajstić information content (AvgIpc) is 3.15. The van der Waals surface area contributed by atoms with Crippen LogP contribution in [0.2, 0.25) is 4.34 Å². The standard InChI is InChI=1S/C18H17ClN2O2S/c19-17-9-8-16(24-17)14-10-15(23-20-14)18(22)21(13-6-7-13)11-12-4-2-1-3-5-12/h1-5,8-9,13,15H,6-7,10-11H2. The lowest BCUT2D eigenvalue weighted by molar-refractivity contribution is -0.143. The number of hydrogen-bond acceptors (Lipinski definition) is 4. The first kappa shape index (κ1) is 15.7. The summed E-state index contributed by atoms with van der Waals surface area (Å²) in [7, 11) is 0. The van der Waals surface area contributed by atoms with E-state index < -0.39 is 6.10 Å². The van der Waals surface area contributed by atoms with Gasteiger partial charge in [0, 0.05) is 19.0 Å². The summed E-state index contributed by atoms with van der Waals surface area (Å²) in [5.41, 5.74) is 1.95. The summed E-state index contributed by atoms with van der Waals surface area (Å²) in [4.78, 5) is 21.3. The van der Waals surface area contributed by atoms with Crippen LogP contribution in [0.15, 0.2) is 47.6 Å². The first-order chi connectivity index (χ1) is 11.7. The molecule has 1 atom stereocenters. The van der Waals surface area contributed by atoms with Crippen LogP contribution in [-0.2, 0) is 16.2 Å². The second kappa shape index (κ2) is 6.57. The third kappa shape index (κ3) is 3.32. The van der Waals surface area contributed by atoms with Gasteiger partial charge in [-0.3, -0.25) is 4.79 Å². The van der Waals surface area contributed by atoms with Crippen molar-refractivity contribution in [3.63, 3.8) is 0 Å². The maximum absolute atomic E-state index is 12.9. The molecule has 24 heavy (non-hydrogen) atoms. The molecule has 1 fully saturated rings. The number of rotatable bonds is 5. The number of carbonyl (C=O) groups is 1. The van der Waals surface area contributed by atoms with Gasteiger partial charge in [0.25, 0.3) is 5.91 Å². The van der Waals surface area contributed by atoms with Crippen LogP contribution in [0.5, 0.6) is 0 Å². The van der Waals surface area contributed by atoms with Crippen molar-refractivity contribution >= 4 is 34.6 Å². The highest BCUT2D eigenvalue weighted by Gasteiger charge is 2.39. The molecule has 6 heteroatoms. The zero-order valence-electron chi connectivity index (χ0n) is 13.0. The van der Waals surface area contributed by atoms with Gasteiger partial charge in [0.05, 0.1) is 9.21 Å². The zero-order valence-corrected chi connectivity index (χ0v) is 14.6. The Kier molecular flexibility index (Phi) is 4.29. The Morgan fingerprint density at radius 3 is 2.71 bits per heavy atom. The molecule has 0 bridgehead atoms. The molecule has 0 spiro atoms. The molecule has 1 aromatic carbocycles. The Bertz CT molecular complexity index is 770. The minimum absolute atomic E-state index is 0.0303. The molecule has 0 N–H and O–H groups in total. The minimum Gasteiger partial charge on any atom is -0.382 e. The summed E-state index contributed by atoms with van der Waals surface area (Å²) in [5, 5.41) is 4.11. The minimum atomic E-state index is -0.523. The maximum atomic E-state index is 12.9. The fourth-order valence-corrected chi connectivity index (χ4v) is 3.90. The summed E-state index contributed by atoms with van der Waals surface area (Å²) in [6.07, 6.45) is 2.12. The van der Waals surface area contributed by atoms with Crippen molar-refractivity contribution in [1.29, 1.82) is 0 Å². The van der Waals surface area contributed by atoms with Crippen molar-refractivity contribution in [2.45, 2.75) is 38.0 Å². The van der Waals surface area contributed by atoms with Gasteiger partial charge in [-0.25, -0.2) is 0 Å². The van der Waals surface area contributed by atoms with Gasteiger partial charge in [-0.1, -0.05) is 47.1 Å². The SMILES string of the molecule is O=C(C1CC(c2ccc(Cl)s2)=NO1)N(Cc1ccccc1)C1CC1. The van der Waals surface area contributed by atoms with E-state index >= 15 is 0 Å². The van der Waals surface area contributed by atoms with E-state index in [9.17, 15) is 4.79 Å². The van der Waals surface area contributed by atoms with Crippen molar-refractivity contribution < 1.29 is 9.63 Å². The lowest BCUT2D eigenvalue weighted by atomic mass is 10.1. The van der Waals surface area contributed by atoms with E-state index in [0.717, 1.165) is 29.0 Å². The molecular formula is C18H17ClN2O2S. The van der Waals surface area contributed by atoms with Crippen molar-refractivity contribution in [3.05, 3.63) is 57.2 Å². The molecule has 4 nitrogen and oxygen atoms in total. The van der Waals surface area contributed by atoms with Crippen LogP contribution in [-0.4, -0.2) is 28.7 Å². The van der Waals surface area contributed by atoms with Gasteiger partial charge >= 0.3 is 0 Å². The number of hydrogen-bond donors (Lipinski definition) is 0. The first-order valence-electron chi connectivity index (χ1n) is 8.03. The molecule has 1 saturated carbocycles. The van der Waals surface area contributed by atoms with Gasteiger partial charge in [-0.05, 0) is 30.5 Å². The van der Waals surface area contributed by atoms with Crippen LogP contribution < -0.4 is 0 Å². The number of amides is 1. The molecule has 1 aliphatic heterocycles. The Morgan fingerprint density at radius 1 is 1.25 bits per heavy atom. The lowest BCUT2D eigenvalue weighted by Crippen LogP contribution is -2.40. The summed E-state index contributed by atoms with van der Waals surface area (Å²) in [5.74, 6) is 0.0303. The van der Waals surface area contributed by atoms with Crippen molar-refractivity contribution in [2.75, 3.05) is 0 Å². The van der Waals surface area contributed by atoms with Crippen LogP contribution in [0, 0.1) is 0 Å². The number of thiophene rings is 1. The summed E-state index contributed by atoms with van der Waals surface area (Å²) in [6, 6.07) is 14.2. The number of carbonyl (C=O) groups excluding carboxylic acids is 1. The fraction of sp³-hybridized carbons (Fsp3) is 0.333. The van der Waals surface area contributed by atoms with Gasteiger partial charge in [0.2, 0.25) is 6.10 Å². The van der Waals surface area contributed by atoms with Gasteiger partial charge in [0.1, 0.15) is 5.71 Å². The predicted octanol–water partition coefficient (Wildman–Crippen LogP) is 4.09. The summed E-state index contributed by atoms with van der Waals surface area (Å²) < 4.78 is 0.714. The zero-order chi connectivity index (χ0) is 16.5.